The highest BCUT2D eigenvalue weighted by Crippen LogP contribution is 2.38. The maximum atomic E-state index is 14.0. The molecular weight excluding hydrogens is 528 g/mol. The van der Waals surface area contributed by atoms with Crippen LogP contribution < -0.4 is 9.46 Å². The molecule has 208 valence electrons. The van der Waals surface area contributed by atoms with E-state index in [9.17, 15) is 23.4 Å². The second-order valence-electron chi connectivity index (χ2n) is 9.88. The van der Waals surface area contributed by atoms with Gasteiger partial charge in [-0.25, -0.2) is 13.1 Å². The van der Waals surface area contributed by atoms with Crippen LogP contribution in [0.4, 0.5) is 0 Å². The zero-order valence-corrected chi connectivity index (χ0v) is 23.1. The Kier molecular flexibility index (Phi) is 8.07. The van der Waals surface area contributed by atoms with Crippen molar-refractivity contribution < 1.29 is 28.2 Å². The molecule has 1 fully saturated rings. The smallest absolute Gasteiger partial charge is 0.240 e. The number of ether oxygens (including phenoxy) is 1. The first kappa shape index (κ1) is 27.6. The number of hydrogen-bond donors (Lipinski definition) is 3. The van der Waals surface area contributed by atoms with E-state index in [1.807, 2.05) is 0 Å². The number of benzene rings is 4. The minimum atomic E-state index is -3.77. The monoisotopic (exact) mass is 560 g/mol. The van der Waals surface area contributed by atoms with Gasteiger partial charge in [-0.2, -0.15) is 0 Å². The van der Waals surface area contributed by atoms with Crippen molar-refractivity contribution in [1.82, 2.24) is 9.62 Å². The molecule has 0 amide bonds. The first-order valence-corrected chi connectivity index (χ1v) is 14.8. The first-order chi connectivity index (χ1) is 19.3. The predicted octanol–water partition coefficient (Wildman–Crippen LogP) is 4.92. The van der Waals surface area contributed by atoms with Crippen LogP contribution in [0.2, 0.25) is 0 Å². The van der Waals surface area contributed by atoms with Crippen LogP contribution in [0.25, 0.3) is 21.9 Å². The largest absolute Gasteiger partial charge is 0.508 e. The number of nitrogens with one attached hydrogen (secondary N) is 1. The fourth-order valence-corrected chi connectivity index (χ4v) is 5.88. The summed E-state index contributed by atoms with van der Waals surface area (Å²) in [4.78, 5) is 16.3. The molecule has 0 atom stereocenters. The third-order valence-corrected chi connectivity index (χ3v) is 8.72. The number of phenolic OH excluding ortho intramolecular Hbond substituents is 2. The van der Waals surface area contributed by atoms with Gasteiger partial charge in [-0.3, -0.25) is 9.69 Å². The Labute approximate surface area is 233 Å². The van der Waals surface area contributed by atoms with Gasteiger partial charge in [0.25, 0.3) is 0 Å². The number of rotatable bonds is 9. The van der Waals surface area contributed by atoms with E-state index in [4.69, 9.17) is 4.74 Å². The quantitative estimate of drug-likeness (QED) is 0.249. The molecule has 1 heterocycles. The normalized spacial score (nSPS) is 14.3. The molecule has 9 heteroatoms. The second kappa shape index (κ2) is 11.7. The lowest BCUT2D eigenvalue weighted by Crippen LogP contribution is -2.33. The standard InChI is InChI=1S/C31H32N2O6S/c1-32-40(37,38)25-11-14-27(29(35)20-25)28-12-7-22-19-23(34)8-13-26(22)30(28)31(36)21-5-9-24(10-6-21)39-18-17-33-15-3-2-4-16-33/h5-14,19-20,32,34-35H,2-4,15-18H2,1H3. The van der Waals surface area contributed by atoms with Gasteiger partial charge in [0, 0.05) is 29.3 Å². The maximum Gasteiger partial charge on any atom is 0.240 e. The molecule has 8 nitrogen and oxygen atoms in total. The van der Waals surface area contributed by atoms with Crippen molar-refractivity contribution in [3.63, 3.8) is 0 Å². The molecule has 0 spiro atoms. The third kappa shape index (κ3) is 5.82. The van der Waals surface area contributed by atoms with E-state index >= 15 is 0 Å². The van der Waals surface area contributed by atoms with Gasteiger partial charge in [-0.1, -0.05) is 18.6 Å². The first-order valence-electron chi connectivity index (χ1n) is 13.3. The Morgan fingerprint density at radius 2 is 1.62 bits per heavy atom. The van der Waals surface area contributed by atoms with Gasteiger partial charge < -0.3 is 14.9 Å². The molecule has 3 N–H and O–H groups in total. The van der Waals surface area contributed by atoms with Gasteiger partial charge in [-0.15, -0.1) is 0 Å². The lowest BCUT2D eigenvalue weighted by molar-refractivity contribution is 0.104. The molecule has 0 aliphatic carbocycles. The topological polar surface area (TPSA) is 116 Å². The van der Waals surface area contributed by atoms with E-state index in [2.05, 4.69) is 9.62 Å². The number of phenols is 2. The molecule has 4 aromatic carbocycles. The number of sulfonamides is 1. The van der Waals surface area contributed by atoms with Crippen molar-refractivity contribution in [3.8, 4) is 28.4 Å². The van der Waals surface area contributed by atoms with Gasteiger partial charge in [-0.05, 0) is 104 Å². The molecule has 0 saturated carbocycles. The number of fused-ring (bicyclic) bond motifs is 1. The lowest BCUT2D eigenvalue weighted by atomic mass is 9.89. The summed E-state index contributed by atoms with van der Waals surface area (Å²) in [6.07, 6.45) is 3.74. The van der Waals surface area contributed by atoms with E-state index in [-0.39, 0.29) is 22.2 Å². The predicted molar refractivity (Wildman–Crippen MR) is 155 cm³/mol. The Bertz CT molecular complexity index is 1650. The molecule has 4 aromatic rings. The SMILES string of the molecule is CNS(=O)(=O)c1ccc(-c2ccc3cc(O)ccc3c2C(=O)c2ccc(OCCN3CCCCC3)cc2)c(O)c1. The summed E-state index contributed by atoms with van der Waals surface area (Å²) in [5, 5.41) is 22.1. The Morgan fingerprint density at radius 1 is 0.900 bits per heavy atom. The van der Waals surface area contributed by atoms with Crippen LogP contribution in [0.3, 0.4) is 0 Å². The average molecular weight is 561 g/mol. The van der Waals surface area contributed by atoms with Crippen molar-refractivity contribution in [3.05, 3.63) is 83.9 Å². The van der Waals surface area contributed by atoms with Crippen molar-refractivity contribution in [2.75, 3.05) is 33.3 Å². The number of carbonyl (C=O) groups excluding carboxylic acids is 1. The molecule has 5 rings (SSSR count). The highest BCUT2D eigenvalue weighted by atomic mass is 32.2. The molecule has 1 aliphatic heterocycles. The Hall–Kier alpha value is -3.92. The summed E-state index contributed by atoms with van der Waals surface area (Å²) >= 11 is 0. The summed E-state index contributed by atoms with van der Waals surface area (Å²) in [6, 6.07) is 19.2. The zero-order chi connectivity index (χ0) is 28.3. The average Bonchev–Trinajstić information content (AvgIpc) is 2.97. The van der Waals surface area contributed by atoms with Gasteiger partial charge in [0.2, 0.25) is 10.0 Å². The molecule has 0 aromatic heterocycles. The maximum absolute atomic E-state index is 14.0. The van der Waals surface area contributed by atoms with Crippen molar-refractivity contribution in [1.29, 1.82) is 0 Å². The van der Waals surface area contributed by atoms with Crippen LogP contribution in [0.1, 0.15) is 35.2 Å². The van der Waals surface area contributed by atoms with Crippen LogP contribution in [0.15, 0.2) is 77.7 Å². The number of piperidine rings is 1. The molecule has 0 bridgehead atoms. The van der Waals surface area contributed by atoms with Crippen molar-refractivity contribution in [2.24, 2.45) is 0 Å². The number of aromatic hydroxyl groups is 2. The Morgan fingerprint density at radius 3 is 2.33 bits per heavy atom. The van der Waals surface area contributed by atoms with E-state index in [1.165, 1.54) is 44.5 Å². The summed E-state index contributed by atoms with van der Waals surface area (Å²) in [7, 11) is -2.47. The van der Waals surface area contributed by atoms with Crippen LogP contribution in [0, 0.1) is 0 Å². The van der Waals surface area contributed by atoms with Crippen LogP contribution >= 0.6 is 0 Å². The number of ketones is 1. The number of likely N-dealkylation sites (tertiary alicyclic amines) is 1. The van der Waals surface area contributed by atoms with Crippen LogP contribution in [-0.2, 0) is 10.0 Å². The van der Waals surface area contributed by atoms with E-state index in [0.29, 0.717) is 45.4 Å². The molecular formula is C31H32N2O6S. The van der Waals surface area contributed by atoms with Gasteiger partial charge >= 0.3 is 0 Å². The summed E-state index contributed by atoms with van der Waals surface area (Å²) in [6.45, 7) is 3.64. The van der Waals surface area contributed by atoms with Crippen LogP contribution in [0.5, 0.6) is 17.2 Å². The summed E-state index contributed by atoms with van der Waals surface area (Å²) < 4.78 is 32.6. The van der Waals surface area contributed by atoms with E-state index < -0.39 is 10.0 Å². The summed E-state index contributed by atoms with van der Waals surface area (Å²) in [5.74, 6) is 0.184. The highest BCUT2D eigenvalue weighted by Gasteiger charge is 2.22. The van der Waals surface area contributed by atoms with Crippen LogP contribution in [-0.4, -0.2) is 62.6 Å². The molecule has 1 saturated heterocycles. The van der Waals surface area contributed by atoms with Gasteiger partial charge in [0.1, 0.15) is 23.9 Å². The zero-order valence-electron chi connectivity index (χ0n) is 22.3. The highest BCUT2D eigenvalue weighted by molar-refractivity contribution is 7.89. The number of carbonyl (C=O) groups is 1. The molecule has 40 heavy (non-hydrogen) atoms. The molecule has 1 aliphatic rings. The Balaban J connectivity index is 1.47. The fourth-order valence-electron chi connectivity index (χ4n) is 5.13. The molecule has 0 radical (unpaired) electrons. The van der Waals surface area contributed by atoms with Crippen molar-refractivity contribution >= 4 is 26.6 Å². The second-order valence-corrected chi connectivity index (χ2v) is 11.8. The molecule has 0 unspecified atom stereocenters. The van der Waals surface area contributed by atoms with E-state index in [1.54, 1.807) is 48.5 Å². The minimum Gasteiger partial charge on any atom is -0.508 e. The van der Waals surface area contributed by atoms with E-state index in [0.717, 1.165) is 25.7 Å². The number of nitrogens with zero attached hydrogens (tertiary/aromatic N) is 1. The van der Waals surface area contributed by atoms with Gasteiger partial charge in [0.15, 0.2) is 5.78 Å². The van der Waals surface area contributed by atoms with Gasteiger partial charge in [0.05, 0.1) is 4.90 Å². The van der Waals surface area contributed by atoms with Crippen molar-refractivity contribution in [2.45, 2.75) is 24.2 Å². The fraction of sp³-hybridized carbons (Fsp3) is 0.258. The lowest BCUT2D eigenvalue weighted by Gasteiger charge is -2.26. The summed E-state index contributed by atoms with van der Waals surface area (Å²) in [5.41, 5.74) is 1.51. The minimum absolute atomic E-state index is 0.0641. The third-order valence-electron chi connectivity index (χ3n) is 7.31. The number of hydrogen-bond acceptors (Lipinski definition) is 7.